The van der Waals surface area contributed by atoms with Crippen LogP contribution in [-0.2, 0) is 18.1 Å². The molecule has 0 aromatic heterocycles. The molecule has 0 aromatic carbocycles. The molecule has 0 bridgehead atoms. The van der Waals surface area contributed by atoms with Gasteiger partial charge in [-0.25, -0.2) is 0 Å². The average molecular weight is 265 g/mol. The third-order valence-corrected chi connectivity index (χ3v) is 0. The van der Waals surface area contributed by atoms with E-state index in [1.165, 1.54) is 0 Å². The average Bonchev–Trinajstić information content (AvgIpc) is 1.12. The summed E-state index contributed by atoms with van der Waals surface area (Å²) in [6.45, 7) is 0. The maximum atomic E-state index is 8.74. The Morgan fingerprint density at radius 1 is 1.18 bits per heavy atom. The first-order chi connectivity index (χ1) is 4.00. The van der Waals surface area contributed by atoms with Crippen molar-refractivity contribution < 1.29 is 63.1 Å². The monoisotopic (exact) mass is 266 g/mol. The smallest absolute Gasteiger partial charge is 1.00 e. The largest absolute Gasteiger partial charge is 1.00 e. The molecule has 0 aliphatic heterocycles. The molecule has 8 nitrogen and oxygen atoms in total. The second-order valence-electron chi connectivity index (χ2n) is 0.876. The Hall–Kier alpha value is 0.909. The van der Waals surface area contributed by atoms with Gasteiger partial charge in [-0.2, -0.15) is 8.42 Å². The van der Waals surface area contributed by atoms with Gasteiger partial charge in [-0.1, -0.05) is 0 Å². The Morgan fingerprint density at radius 2 is 1.18 bits per heavy atom. The Balaban J connectivity index is -0.000000107. The summed E-state index contributed by atoms with van der Waals surface area (Å²) >= 11 is -5.50. The van der Waals surface area contributed by atoms with Crippen LogP contribution in [0.3, 0.4) is 0 Å². The molecule has 0 spiro atoms. The van der Waals surface area contributed by atoms with Crippen LogP contribution in [0.4, 0.5) is 0 Å². The Labute approximate surface area is 86.4 Å². The van der Waals surface area contributed by atoms with Crippen LogP contribution in [0, 0.1) is 0 Å². The zero-order valence-electron chi connectivity index (χ0n) is 5.20. The van der Waals surface area contributed by atoms with Gasteiger partial charge in [0, 0.05) is 0 Å². The van der Waals surface area contributed by atoms with Crippen molar-refractivity contribution in [1.82, 2.24) is 0 Å². The van der Waals surface area contributed by atoms with E-state index in [9.17, 15) is 0 Å². The van der Waals surface area contributed by atoms with Gasteiger partial charge in [-0.05, 0) is 0 Å². The van der Waals surface area contributed by atoms with Gasteiger partial charge in [0.2, 0.25) is 0 Å². The van der Waals surface area contributed by atoms with Crippen LogP contribution in [0.2, 0.25) is 0 Å². The van der Waals surface area contributed by atoms with Crippen molar-refractivity contribution >= 4 is 23.8 Å². The maximum Gasteiger partial charge on any atom is 1.00 e. The molecular weight excluding hydrogens is 262 g/mol. The minimum Gasteiger partial charge on any atom is 1.00 e. The fourth-order valence-electron chi connectivity index (χ4n) is 0. The fourth-order valence-corrected chi connectivity index (χ4v) is 0. The van der Waals surface area contributed by atoms with Gasteiger partial charge in [0.05, 0.1) is 0 Å². The van der Waals surface area contributed by atoms with Gasteiger partial charge in [0.15, 0.2) is 0 Å². The van der Waals surface area contributed by atoms with Crippen LogP contribution in [0.5, 0.6) is 0 Å². The molecule has 64 valence electrons. The van der Waals surface area contributed by atoms with Crippen molar-refractivity contribution in [3.63, 3.8) is 0 Å². The van der Waals surface area contributed by atoms with E-state index in [4.69, 9.17) is 33.6 Å². The number of hydrogen-bond donors (Lipinski definition) is 3. The molecular formula is H3NaO8SSe. The first-order valence-electron chi connectivity index (χ1n) is 1.38. The normalized spacial score (nSPS) is 10.5. The maximum absolute atomic E-state index is 8.74. The van der Waals surface area contributed by atoms with E-state index in [1.807, 2.05) is 0 Å². The molecule has 11 heavy (non-hydrogen) atoms. The van der Waals surface area contributed by atoms with Crippen molar-refractivity contribution in [2.75, 3.05) is 0 Å². The number of hydrogen-bond acceptors (Lipinski definition) is 5. The summed E-state index contributed by atoms with van der Waals surface area (Å²) in [6.07, 6.45) is 0. The van der Waals surface area contributed by atoms with E-state index in [-0.39, 0.29) is 29.6 Å². The van der Waals surface area contributed by atoms with Gasteiger partial charge >= 0.3 is 69.4 Å². The second-order valence-corrected chi connectivity index (χ2v) is 3.57. The molecule has 0 rings (SSSR count). The Bertz CT molecular complexity index is 210. The first kappa shape index (κ1) is 17.9. The van der Waals surface area contributed by atoms with Crippen molar-refractivity contribution in [3.05, 3.63) is 0 Å². The van der Waals surface area contributed by atoms with Gasteiger partial charge in [0.1, 0.15) is 0 Å². The van der Waals surface area contributed by atoms with Gasteiger partial charge < -0.3 is 0 Å². The zero-order valence-corrected chi connectivity index (χ0v) is 9.73. The van der Waals surface area contributed by atoms with E-state index in [1.54, 1.807) is 0 Å². The van der Waals surface area contributed by atoms with E-state index in [2.05, 4.69) is 0 Å². The summed E-state index contributed by atoms with van der Waals surface area (Å²) < 4.78 is 64.7. The van der Waals surface area contributed by atoms with Crippen molar-refractivity contribution in [1.29, 1.82) is 0 Å². The van der Waals surface area contributed by atoms with Gasteiger partial charge in [0.25, 0.3) is 0 Å². The molecule has 3 N–H and O–H groups in total. The van der Waals surface area contributed by atoms with Crippen LogP contribution >= 0.6 is 0 Å². The van der Waals surface area contributed by atoms with Crippen molar-refractivity contribution in [2.45, 2.75) is 0 Å². The molecule has 0 saturated carbocycles. The Morgan fingerprint density at radius 3 is 1.18 bits per heavy atom. The van der Waals surface area contributed by atoms with Crippen molar-refractivity contribution in [3.8, 4) is 0 Å². The predicted molar refractivity (Wildman–Crippen MR) is 23.5 cm³/mol. The van der Waals surface area contributed by atoms with E-state index >= 15 is 0 Å². The SMILES string of the molecule is O=S(=O)(O)O.O=[Se](=O)([O-])O.[Na+]. The van der Waals surface area contributed by atoms with Crippen LogP contribution in [0.1, 0.15) is 0 Å². The molecule has 0 amide bonds. The third kappa shape index (κ3) is 1050. The third-order valence-electron chi connectivity index (χ3n) is 0. The topological polar surface area (TPSA) is 152 Å². The minimum absolute atomic E-state index is 0. The molecule has 0 radical (unpaired) electrons. The molecule has 0 aromatic rings. The number of rotatable bonds is 0. The summed E-state index contributed by atoms with van der Waals surface area (Å²) in [4.78, 5) is 0. The fraction of sp³-hybridized carbons (Fsp3) is 0. The van der Waals surface area contributed by atoms with Gasteiger partial charge in [-0.15, -0.1) is 0 Å². The summed E-state index contributed by atoms with van der Waals surface area (Å²) in [5.41, 5.74) is 0. The molecule has 0 fully saturated rings. The molecule has 0 unspecified atom stereocenters. The standard InChI is InChI=1S/Na.H2O4S.H2O4Se/c;2*1-5(2,3)4/h;2*(H2,1,2,3,4)/q+1;;/p-1. The van der Waals surface area contributed by atoms with E-state index < -0.39 is 23.8 Å². The second kappa shape index (κ2) is 6.43. The van der Waals surface area contributed by atoms with Crippen LogP contribution in [0.15, 0.2) is 0 Å². The van der Waals surface area contributed by atoms with Crippen LogP contribution in [-0.4, -0.2) is 35.1 Å². The predicted octanol–water partition coefficient (Wildman–Crippen LogP) is -6.01. The van der Waals surface area contributed by atoms with E-state index in [0.29, 0.717) is 0 Å². The molecule has 0 aliphatic carbocycles. The first-order valence-corrected chi connectivity index (χ1v) is 5.64. The molecule has 11 heteroatoms. The van der Waals surface area contributed by atoms with Gasteiger partial charge in [-0.3, -0.25) is 9.11 Å². The van der Waals surface area contributed by atoms with Crippen molar-refractivity contribution in [2.24, 2.45) is 0 Å². The Kier molecular flexibility index (Phi) is 10.4. The zero-order chi connectivity index (χ0) is 9.00. The minimum atomic E-state index is -5.50. The summed E-state index contributed by atoms with van der Waals surface area (Å²) in [5.74, 6) is 0. The quantitative estimate of drug-likeness (QED) is 0.289. The summed E-state index contributed by atoms with van der Waals surface area (Å²) in [6, 6.07) is 0. The molecule has 0 saturated heterocycles. The molecule has 0 heterocycles. The van der Waals surface area contributed by atoms with E-state index in [0.717, 1.165) is 0 Å². The van der Waals surface area contributed by atoms with Crippen LogP contribution in [0.25, 0.3) is 0 Å². The van der Waals surface area contributed by atoms with Crippen LogP contribution < -0.4 is 33.7 Å². The summed E-state index contributed by atoms with van der Waals surface area (Å²) in [7, 11) is -4.67. The molecule has 0 aliphatic rings. The summed E-state index contributed by atoms with van der Waals surface area (Å²) in [5, 5.41) is 0. The molecule has 0 atom stereocenters.